The summed E-state index contributed by atoms with van der Waals surface area (Å²) in [7, 11) is 1.24. The van der Waals surface area contributed by atoms with Gasteiger partial charge in [-0.15, -0.1) is 0 Å². The number of Topliss-reactive ketones (excluding diaryl/α,β-unsaturated/α-hetero) is 1. The largest absolute Gasteiger partial charge is 0.493 e. The van der Waals surface area contributed by atoms with Crippen LogP contribution in [0.5, 0.6) is 11.5 Å². The third kappa shape index (κ3) is 3.98. The second-order valence-corrected chi connectivity index (χ2v) is 3.67. The lowest BCUT2D eigenvalue weighted by molar-refractivity contribution is -0.139. The van der Waals surface area contributed by atoms with Gasteiger partial charge in [0.1, 0.15) is 23.5 Å². The summed E-state index contributed by atoms with van der Waals surface area (Å²) in [5, 5.41) is 0. The molecule has 0 aliphatic carbocycles. The fourth-order valence-corrected chi connectivity index (χ4v) is 1.63. The lowest BCUT2D eigenvalue weighted by Crippen LogP contribution is -2.13. The van der Waals surface area contributed by atoms with Crippen LogP contribution in [-0.2, 0) is 9.53 Å². The highest BCUT2D eigenvalue weighted by Gasteiger charge is 2.21. The number of ether oxygens (including phenoxy) is 3. The molecule has 5 heteroatoms. The highest BCUT2D eigenvalue weighted by Crippen LogP contribution is 2.30. The van der Waals surface area contributed by atoms with Gasteiger partial charge in [-0.1, -0.05) is 6.07 Å². The molecule has 1 rings (SSSR count). The molecule has 5 nitrogen and oxygen atoms in total. The summed E-state index contributed by atoms with van der Waals surface area (Å²) >= 11 is 0. The fourth-order valence-electron chi connectivity index (χ4n) is 1.63. The van der Waals surface area contributed by atoms with Crippen molar-refractivity contribution in [3.05, 3.63) is 23.8 Å². The van der Waals surface area contributed by atoms with Crippen LogP contribution in [0, 0.1) is 0 Å². The van der Waals surface area contributed by atoms with E-state index in [2.05, 4.69) is 4.74 Å². The molecule has 0 bridgehead atoms. The number of hydrogen-bond donors (Lipinski definition) is 0. The molecule has 0 unspecified atom stereocenters. The van der Waals surface area contributed by atoms with Gasteiger partial charge in [0.15, 0.2) is 5.78 Å². The Morgan fingerprint density at radius 3 is 2.00 bits per heavy atom. The SMILES string of the molecule is CCOc1cccc(OCC)c1C(=O)CC(=O)OC. The Bertz CT molecular complexity index is 429. The maximum atomic E-state index is 12.1. The van der Waals surface area contributed by atoms with Crippen molar-refractivity contribution >= 4 is 11.8 Å². The number of methoxy groups -OCH3 is 1. The van der Waals surface area contributed by atoms with E-state index in [1.165, 1.54) is 7.11 Å². The van der Waals surface area contributed by atoms with Gasteiger partial charge in [-0.25, -0.2) is 0 Å². The van der Waals surface area contributed by atoms with Gasteiger partial charge in [0.2, 0.25) is 0 Å². The molecule has 104 valence electrons. The molecule has 0 heterocycles. The van der Waals surface area contributed by atoms with Crippen molar-refractivity contribution in [1.29, 1.82) is 0 Å². The van der Waals surface area contributed by atoms with Crippen molar-refractivity contribution in [3.63, 3.8) is 0 Å². The van der Waals surface area contributed by atoms with Crippen molar-refractivity contribution < 1.29 is 23.8 Å². The number of benzene rings is 1. The van der Waals surface area contributed by atoms with Crippen LogP contribution in [0.4, 0.5) is 0 Å². The van der Waals surface area contributed by atoms with Crippen LogP contribution in [0.25, 0.3) is 0 Å². The first kappa shape index (κ1) is 15.0. The topological polar surface area (TPSA) is 61.8 Å². The zero-order valence-corrected chi connectivity index (χ0v) is 11.4. The van der Waals surface area contributed by atoms with Gasteiger partial charge >= 0.3 is 5.97 Å². The van der Waals surface area contributed by atoms with Gasteiger partial charge in [-0.05, 0) is 26.0 Å². The Morgan fingerprint density at radius 2 is 1.58 bits per heavy atom. The smallest absolute Gasteiger partial charge is 0.313 e. The monoisotopic (exact) mass is 266 g/mol. The molecule has 0 aromatic heterocycles. The minimum atomic E-state index is -0.584. The van der Waals surface area contributed by atoms with Gasteiger partial charge in [-0.3, -0.25) is 9.59 Å². The predicted molar refractivity (Wildman–Crippen MR) is 69.7 cm³/mol. The number of hydrogen-bond acceptors (Lipinski definition) is 5. The molecule has 0 atom stereocenters. The van der Waals surface area contributed by atoms with E-state index in [-0.39, 0.29) is 17.8 Å². The van der Waals surface area contributed by atoms with Crippen LogP contribution in [0.15, 0.2) is 18.2 Å². The lowest BCUT2D eigenvalue weighted by atomic mass is 10.1. The van der Waals surface area contributed by atoms with Gasteiger partial charge in [0.25, 0.3) is 0 Å². The first-order valence-electron chi connectivity index (χ1n) is 6.12. The average molecular weight is 266 g/mol. The van der Waals surface area contributed by atoms with Crippen LogP contribution in [0.2, 0.25) is 0 Å². The van der Waals surface area contributed by atoms with E-state index < -0.39 is 5.97 Å². The van der Waals surface area contributed by atoms with Gasteiger partial charge in [-0.2, -0.15) is 0 Å². The Hall–Kier alpha value is -2.04. The molecule has 0 saturated heterocycles. The number of rotatable bonds is 7. The van der Waals surface area contributed by atoms with Crippen molar-refractivity contribution in [3.8, 4) is 11.5 Å². The summed E-state index contributed by atoms with van der Waals surface area (Å²) < 4.78 is 15.3. The van der Waals surface area contributed by atoms with E-state index in [0.29, 0.717) is 24.7 Å². The predicted octanol–water partition coefficient (Wildman–Crippen LogP) is 2.23. The van der Waals surface area contributed by atoms with E-state index in [1.807, 2.05) is 13.8 Å². The molecule has 0 spiro atoms. The first-order valence-corrected chi connectivity index (χ1v) is 6.12. The van der Waals surface area contributed by atoms with Crippen molar-refractivity contribution in [2.45, 2.75) is 20.3 Å². The zero-order valence-electron chi connectivity index (χ0n) is 11.4. The van der Waals surface area contributed by atoms with E-state index in [9.17, 15) is 9.59 Å². The molecule has 1 aromatic carbocycles. The fraction of sp³-hybridized carbons (Fsp3) is 0.429. The van der Waals surface area contributed by atoms with Crippen LogP contribution in [0.3, 0.4) is 0 Å². The van der Waals surface area contributed by atoms with E-state index >= 15 is 0 Å². The molecule has 1 aromatic rings. The third-order valence-electron chi connectivity index (χ3n) is 2.40. The van der Waals surface area contributed by atoms with Gasteiger partial charge in [0.05, 0.1) is 20.3 Å². The molecule has 0 saturated carbocycles. The molecular weight excluding hydrogens is 248 g/mol. The molecule has 0 fully saturated rings. The third-order valence-corrected chi connectivity index (χ3v) is 2.40. The maximum Gasteiger partial charge on any atom is 0.313 e. The second kappa shape index (κ2) is 7.41. The minimum absolute atomic E-state index is 0.289. The highest BCUT2D eigenvalue weighted by atomic mass is 16.5. The van der Waals surface area contributed by atoms with Crippen molar-refractivity contribution in [1.82, 2.24) is 0 Å². The van der Waals surface area contributed by atoms with E-state index in [4.69, 9.17) is 9.47 Å². The normalized spacial score (nSPS) is 9.84. The molecular formula is C14H18O5. The lowest BCUT2D eigenvalue weighted by Gasteiger charge is -2.13. The molecule has 0 aliphatic heterocycles. The van der Waals surface area contributed by atoms with Crippen molar-refractivity contribution in [2.24, 2.45) is 0 Å². The Kier molecular flexibility index (Phi) is 5.85. The summed E-state index contributed by atoms with van der Waals surface area (Å²) in [6.07, 6.45) is -0.333. The van der Waals surface area contributed by atoms with Crippen LogP contribution in [0.1, 0.15) is 30.6 Å². The van der Waals surface area contributed by atoms with Crippen LogP contribution < -0.4 is 9.47 Å². The Morgan fingerprint density at radius 1 is 1.05 bits per heavy atom. The summed E-state index contributed by atoms with van der Waals surface area (Å²) in [6.45, 7) is 4.49. The number of carbonyl (C=O) groups excluding carboxylic acids is 2. The summed E-state index contributed by atoms with van der Waals surface area (Å²) in [6, 6.07) is 5.10. The van der Waals surface area contributed by atoms with E-state index in [0.717, 1.165) is 0 Å². The van der Waals surface area contributed by atoms with E-state index in [1.54, 1.807) is 18.2 Å². The number of carbonyl (C=O) groups is 2. The zero-order chi connectivity index (χ0) is 14.3. The first-order chi connectivity index (χ1) is 9.13. The van der Waals surface area contributed by atoms with Gasteiger partial charge < -0.3 is 14.2 Å². The molecule has 0 N–H and O–H groups in total. The standard InChI is InChI=1S/C14H18O5/c1-4-18-11-7-6-8-12(19-5-2)14(11)10(15)9-13(16)17-3/h6-8H,4-5,9H2,1-3H3. The Balaban J connectivity index is 3.11. The van der Waals surface area contributed by atoms with Crippen LogP contribution >= 0.6 is 0 Å². The molecule has 0 amide bonds. The summed E-state index contributed by atoms with van der Waals surface area (Å²) in [4.78, 5) is 23.4. The maximum absolute atomic E-state index is 12.1. The molecule has 0 aliphatic rings. The highest BCUT2D eigenvalue weighted by molar-refractivity contribution is 6.09. The van der Waals surface area contributed by atoms with Crippen LogP contribution in [-0.4, -0.2) is 32.1 Å². The van der Waals surface area contributed by atoms with Gasteiger partial charge in [0, 0.05) is 0 Å². The summed E-state index contributed by atoms with van der Waals surface area (Å²) in [5.41, 5.74) is 0.289. The quantitative estimate of drug-likeness (QED) is 0.430. The van der Waals surface area contributed by atoms with Crippen molar-refractivity contribution in [2.75, 3.05) is 20.3 Å². The average Bonchev–Trinajstić information content (AvgIpc) is 2.39. The molecule has 0 radical (unpaired) electrons. The minimum Gasteiger partial charge on any atom is -0.493 e. The Labute approximate surface area is 112 Å². The number of ketones is 1. The second-order valence-electron chi connectivity index (χ2n) is 3.67. The number of esters is 1. The molecule has 19 heavy (non-hydrogen) atoms. The summed E-state index contributed by atoms with van der Waals surface area (Å²) in [5.74, 6) is -0.122.